The third kappa shape index (κ3) is 3.84. The van der Waals surface area contributed by atoms with Crippen LogP contribution in [0.1, 0.15) is 52.4 Å². The van der Waals surface area contributed by atoms with Crippen LogP contribution >= 0.6 is 11.6 Å². The van der Waals surface area contributed by atoms with Gasteiger partial charge in [0, 0.05) is 18.5 Å². The molecule has 0 spiro atoms. The normalized spacial score (nSPS) is 33.4. The first kappa shape index (κ1) is 13.6. The minimum absolute atomic E-state index is 0.107. The Kier molecular flexibility index (Phi) is 4.73. The van der Waals surface area contributed by atoms with Gasteiger partial charge in [-0.25, -0.2) is 0 Å². The highest BCUT2D eigenvalue weighted by Crippen LogP contribution is 2.31. The minimum atomic E-state index is 0.107. The SMILES string of the molecule is CC1(C)CCC(CN2CCCC2CCCCl)O1. The molecule has 0 saturated carbocycles. The summed E-state index contributed by atoms with van der Waals surface area (Å²) < 4.78 is 6.10. The number of likely N-dealkylation sites (tertiary alicyclic amines) is 1. The van der Waals surface area contributed by atoms with Crippen LogP contribution in [-0.2, 0) is 4.74 Å². The molecule has 3 heteroatoms. The van der Waals surface area contributed by atoms with Gasteiger partial charge in [-0.05, 0) is 58.9 Å². The number of hydrogen-bond donors (Lipinski definition) is 0. The topological polar surface area (TPSA) is 12.5 Å². The fraction of sp³-hybridized carbons (Fsp3) is 1.00. The molecule has 0 aliphatic carbocycles. The molecular weight excluding hydrogens is 234 g/mol. The van der Waals surface area contributed by atoms with Gasteiger partial charge in [0.25, 0.3) is 0 Å². The minimum Gasteiger partial charge on any atom is -0.371 e. The Morgan fingerprint density at radius 3 is 2.82 bits per heavy atom. The van der Waals surface area contributed by atoms with Gasteiger partial charge in [-0.15, -0.1) is 11.6 Å². The molecule has 2 aliphatic rings. The first-order valence-electron chi connectivity index (χ1n) is 7.08. The van der Waals surface area contributed by atoms with Crippen molar-refractivity contribution in [2.75, 3.05) is 19.0 Å². The van der Waals surface area contributed by atoms with Gasteiger partial charge in [-0.2, -0.15) is 0 Å². The summed E-state index contributed by atoms with van der Waals surface area (Å²) in [5.41, 5.74) is 0.107. The third-order valence-electron chi connectivity index (χ3n) is 4.16. The second-order valence-electron chi connectivity index (χ2n) is 6.16. The fourth-order valence-corrected chi connectivity index (χ4v) is 3.40. The van der Waals surface area contributed by atoms with E-state index in [2.05, 4.69) is 18.7 Å². The van der Waals surface area contributed by atoms with Gasteiger partial charge in [0.2, 0.25) is 0 Å². The van der Waals surface area contributed by atoms with E-state index in [1.165, 1.54) is 38.6 Å². The van der Waals surface area contributed by atoms with E-state index < -0.39 is 0 Å². The zero-order valence-electron chi connectivity index (χ0n) is 11.3. The van der Waals surface area contributed by atoms with Crippen LogP contribution in [0.4, 0.5) is 0 Å². The second-order valence-corrected chi connectivity index (χ2v) is 6.54. The van der Waals surface area contributed by atoms with Crippen LogP contribution in [0.3, 0.4) is 0 Å². The van der Waals surface area contributed by atoms with Crippen molar-refractivity contribution < 1.29 is 4.74 Å². The first-order chi connectivity index (χ1) is 8.11. The Balaban J connectivity index is 1.78. The zero-order chi connectivity index (χ0) is 12.3. The van der Waals surface area contributed by atoms with E-state index in [4.69, 9.17) is 16.3 Å². The maximum absolute atomic E-state index is 6.10. The van der Waals surface area contributed by atoms with E-state index in [1.54, 1.807) is 0 Å². The van der Waals surface area contributed by atoms with E-state index in [0.29, 0.717) is 6.10 Å². The van der Waals surface area contributed by atoms with Crippen molar-refractivity contribution in [3.05, 3.63) is 0 Å². The van der Waals surface area contributed by atoms with E-state index in [-0.39, 0.29) is 5.60 Å². The van der Waals surface area contributed by atoms with Crippen LogP contribution in [-0.4, -0.2) is 41.6 Å². The highest BCUT2D eigenvalue weighted by atomic mass is 35.5. The van der Waals surface area contributed by atoms with Gasteiger partial charge in [0.1, 0.15) is 0 Å². The smallest absolute Gasteiger partial charge is 0.0710 e. The van der Waals surface area contributed by atoms with E-state index in [0.717, 1.165) is 24.9 Å². The average molecular weight is 260 g/mol. The molecule has 2 unspecified atom stereocenters. The molecule has 0 N–H and O–H groups in total. The lowest BCUT2D eigenvalue weighted by Crippen LogP contribution is -2.37. The summed E-state index contributed by atoms with van der Waals surface area (Å²) in [6.07, 6.45) is 8.01. The Labute approximate surface area is 111 Å². The third-order valence-corrected chi connectivity index (χ3v) is 4.43. The maximum atomic E-state index is 6.10. The Morgan fingerprint density at radius 2 is 2.18 bits per heavy atom. The molecular formula is C14H26ClNO. The summed E-state index contributed by atoms with van der Waals surface area (Å²) in [6, 6.07) is 0.765. The number of hydrogen-bond acceptors (Lipinski definition) is 2. The summed E-state index contributed by atoms with van der Waals surface area (Å²) in [6.45, 7) is 6.81. The van der Waals surface area contributed by atoms with Crippen molar-refractivity contribution in [3.8, 4) is 0 Å². The lowest BCUT2D eigenvalue weighted by molar-refractivity contribution is -0.0303. The molecule has 2 nitrogen and oxygen atoms in total. The van der Waals surface area contributed by atoms with Crippen molar-refractivity contribution >= 4 is 11.6 Å². The molecule has 0 radical (unpaired) electrons. The van der Waals surface area contributed by atoms with E-state index in [9.17, 15) is 0 Å². The molecule has 2 aliphatic heterocycles. The van der Waals surface area contributed by atoms with Crippen molar-refractivity contribution in [1.82, 2.24) is 4.90 Å². The Hall–Kier alpha value is 0.210. The summed E-state index contributed by atoms with van der Waals surface area (Å²) in [5.74, 6) is 0.803. The van der Waals surface area contributed by atoms with Crippen LogP contribution in [0.15, 0.2) is 0 Å². The average Bonchev–Trinajstić information content (AvgIpc) is 2.83. The molecule has 0 aromatic heterocycles. The van der Waals surface area contributed by atoms with Crippen LogP contribution in [0.2, 0.25) is 0 Å². The summed E-state index contributed by atoms with van der Waals surface area (Å²) in [5, 5.41) is 0. The van der Waals surface area contributed by atoms with E-state index >= 15 is 0 Å². The van der Waals surface area contributed by atoms with Gasteiger partial charge in [0.05, 0.1) is 11.7 Å². The maximum Gasteiger partial charge on any atom is 0.0710 e. The lowest BCUT2D eigenvalue weighted by Gasteiger charge is -2.28. The van der Waals surface area contributed by atoms with Gasteiger partial charge >= 0.3 is 0 Å². The molecule has 0 bridgehead atoms. The van der Waals surface area contributed by atoms with Gasteiger partial charge in [-0.1, -0.05) is 0 Å². The number of ether oxygens (including phenoxy) is 1. The molecule has 2 saturated heterocycles. The van der Waals surface area contributed by atoms with Crippen LogP contribution in [0.5, 0.6) is 0 Å². The highest BCUT2D eigenvalue weighted by molar-refractivity contribution is 6.17. The lowest BCUT2D eigenvalue weighted by atomic mass is 10.1. The summed E-state index contributed by atoms with van der Waals surface area (Å²) >= 11 is 5.79. The van der Waals surface area contributed by atoms with Crippen molar-refractivity contribution in [2.24, 2.45) is 0 Å². The predicted molar refractivity (Wildman–Crippen MR) is 72.7 cm³/mol. The van der Waals surface area contributed by atoms with Gasteiger partial charge in [-0.3, -0.25) is 4.90 Å². The van der Waals surface area contributed by atoms with Crippen LogP contribution in [0, 0.1) is 0 Å². The van der Waals surface area contributed by atoms with Crippen molar-refractivity contribution in [1.29, 1.82) is 0 Å². The Morgan fingerprint density at radius 1 is 1.35 bits per heavy atom. The number of halogens is 1. The summed E-state index contributed by atoms with van der Waals surface area (Å²) in [7, 11) is 0. The number of rotatable bonds is 5. The highest BCUT2D eigenvalue weighted by Gasteiger charge is 2.34. The largest absolute Gasteiger partial charge is 0.371 e. The molecule has 100 valence electrons. The molecule has 0 amide bonds. The quantitative estimate of drug-likeness (QED) is 0.702. The van der Waals surface area contributed by atoms with Crippen molar-refractivity contribution in [3.63, 3.8) is 0 Å². The van der Waals surface area contributed by atoms with Crippen molar-refractivity contribution in [2.45, 2.75) is 70.1 Å². The van der Waals surface area contributed by atoms with Crippen LogP contribution in [0.25, 0.3) is 0 Å². The standard InChI is InChI=1S/C14H26ClNO/c1-14(2)8-7-13(17-14)11-16-10-4-6-12(16)5-3-9-15/h12-13H,3-11H2,1-2H3. The van der Waals surface area contributed by atoms with Gasteiger partial charge in [0.15, 0.2) is 0 Å². The molecule has 0 aromatic carbocycles. The van der Waals surface area contributed by atoms with Crippen LogP contribution < -0.4 is 0 Å². The first-order valence-corrected chi connectivity index (χ1v) is 7.62. The molecule has 2 rings (SSSR count). The number of nitrogens with zero attached hydrogens (tertiary/aromatic N) is 1. The molecule has 2 fully saturated rings. The second kappa shape index (κ2) is 5.90. The van der Waals surface area contributed by atoms with E-state index in [1.807, 2.05) is 0 Å². The monoisotopic (exact) mass is 259 g/mol. The molecule has 2 heterocycles. The molecule has 17 heavy (non-hydrogen) atoms. The van der Waals surface area contributed by atoms with Gasteiger partial charge < -0.3 is 4.74 Å². The zero-order valence-corrected chi connectivity index (χ0v) is 12.0. The molecule has 2 atom stereocenters. The predicted octanol–water partition coefficient (Wildman–Crippen LogP) is 3.43. The fourth-order valence-electron chi connectivity index (χ4n) is 3.24. The Bertz CT molecular complexity index is 244. The number of alkyl halides is 1. The summed E-state index contributed by atoms with van der Waals surface area (Å²) in [4.78, 5) is 2.64. The molecule has 0 aromatic rings.